The quantitative estimate of drug-likeness (QED) is 0.441. The molecule has 1 aliphatic carbocycles. The van der Waals surface area contributed by atoms with E-state index < -0.39 is 0 Å². The summed E-state index contributed by atoms with van der Waals surface area (Å²) in [7, 11) is 2.22. The number of fused-ring (bicyclic) bond motifs is 2. The molecule has 4 aliphatic heterocycles. The maximum Gasteiger partial charge on any atom is 0.322 e. The normalized spacial score (nSPS) is 22.4. The Bertz CT molecular complexity index is 1440. The minimum absolute atomic E-state index is 0.0423. The average molecular weight is 640 g/mol. The van der Waals surface area contributed by atoms with Crippen molar-refractivity contribution in [3.8, 4) is 0 Å². The number of benzene rings is 2. The number of hydrogen-bond donors (Lipinski definition) is 1. The lowest BCUT2D eigenvalue weighted by atomic mass is 9.78. The zero-order valence-electron chi connectivity index (χ0n) is 28.3. The first kappa shape index (κ1) is 32.2. The zero-order chi connectivity index (χ0) is 32.3. The van der Waals surface area contributed by atoms with Crippen molar-refractivity contribution in [3.63, 3.8) is 0 Å². The highest BCUT2D eigenvalue weighted by molar-refractivity contribution is 5.91. The third kappa shape index (κ3) is 7.38. The van der Waals surface area contributed by atoms with Crippen LogP contribution in [0.3, 0.4) is 0 Å². The molecular weight excluding hydrogens is 586 g/mol. The van der Waals surface area contributed by atoms with Gasteiger partial charge in [-0.1, -0.05) is 36.4 Å². The van der Waals surface area contributed by atoms with E-state index >= 15 is 0 Å². The number of hydrogen-bond acceptors (Lipinski definition) is 4. The van der Waals surface area contributed by atoms with Crippen molar-refractivity contribution in [1.29, 1.82) is 0 Å². The lowest BCUT2D eigenvalue weighted by molar-refractivity contribution is -0.143. The lowest BCUT2D eigenvalue weighted by Gasteiger charge is -2.40. The number of aryl methyl sites for hydroxylation is 2. The van der Waals surface area contributed by atoms with E-state index in [4.69, 9.17) is 0 Å². The summed E-state index contributed by atoms with van der Waals surface area (Å²) in [6.45, 7) is 5.95. The SMILES string of the molecule is CN1CCC(C2CCN(C(=O)C(CC(=O)N3CCC(N4CCc5ccccc5NC4=O)CC3)Cc3ccc4c(c3)CCC4)CC2)CC1. The van der Waals surface area contributed by atoms with Crippen LogP contribution in [0.1, 0.15) is 73.6 Å². The van der Waals surface area contributed by atoms with E-state index in [0.29, 0.717) is 32.0 Å². The third-order valence-electron chi connectivity index (χ3n) is 12.1. The number of rotatable bonds is 7. The van der Waals surface area contributed by atoms with Crippen molar-refractivity contribution in [1.82, 2.24) is 19.6 Å². The van der Waals surface area contributed by atoms with Crippen LogP contribution >= 0.6 is 0 Å². The van der Waals surface area contributed by atoms with Gasteiger partial charge in [-0.05, 0) is 131 Å². The van der Waals surface area contributed by atoms with E-state index in [9.17, 15) is 14.4 Å². The average Bonchev–Trinajstić information content (AvgIpc) is 3.50. The Balaban J connectivity index is 0.975. The van der Waals surface area contributed by atoms with Crippen molar-refractivity contribution in [2.75, 3.05) is 58.2 Å². The second-order valence-electron chi connectivity index (χ2n) is 15.0. The molecule has 1 N–H and O–H groups in total. The smallest absolute Gasteiger partial charge is 0.322 e. The molecule has 0 saturated carbocycles. The molecule has 2 aromatic carbocycles. The van der Waals surface area contributed by atoms with E-state index in [2.05, 4.69) is 46.4 Å². The summed E-state index contributed by atoms with van der Waals surface area (Å²) in [5.74, 6) is 1.40. The number of likely N-dealkylation sites (tertiary alicyclic amines) is 3. The first-order chi connectivity index (χ1) is 22.9. The lowest BCUT2D eigenvalue weighted by Crippen LogP contribution is -2.50. The van der Waals surface area contributed by atoms with Crippen LogP contribution in [0, 0.1) is 17.8 Å². The summed E-state index contributed by atoms with van der Waals surface area (Å²) in [4.78, 5) is 49.6. The van der Waals surface area contributed by atoms with Gasteiger partial charge in [-0.2, -0.15) is 0 Å². The van der Waals surface area contributed by atoms with Gasteiger partial charge in [0.15, 0.2) is 0 Å². The molecule has 8 nitrogen and oxygen atoms in total. The van der Waals surface area contributed by atoms with E-state index in [1.54, 1.807) is 0 Å². The van der Waals surface area contributed by atoms with Crippen LogP contribution in [0.15, 0.2) is 42.5 Å². The van der Waals surface area contributed by atoms with Crippen LogP contribution in [-0.2, 0) is 35.3 Å². The number of nitrogens with one attached hydrogen (secondary N) is 1. The van der Waals surface area contributed by atoms with Gasteiger partial charge in [-0.25, -0.2) is 4.79 Å². The fourth-order valence-corrected chi connectivity index (χ4v) is 9.14. The summed E-state index contributed by atoms with van der Waals surface area (Å²) < 4.78 is 0. The zero-order valence-corrected chi connectivity index (χ0v) is 28.3. The predicted molar refractivity (Wildman–Crippen MR) is 185 cm³/mol. The number of nitrogens with zero attached hydrogens (tertiary/aromatic N) is 4. The van der Waals surface area contributed by atoms with Crippen molar-refractivity contribution in [3.05, 3.63) is 64.7 Å². The van der Waals surface area contributed by atoms with Crippen LogP contribution in [-0.4, -0.2) is 96.3 Å². The minimum atomic E-state index is -0.338. The molecule has 3 fully saturated rings. The highest BCUT2D eigenvalue weighted by Crippen LogP contribution is 2.34. The Kier molecular flexibility index (Phi) is 9.85. The number of para-hydroxylation sites is 1. The largest absolute Gasteiger partial charge is 0.343 e. The van der Waals surface area contributed by atoms with Gasteiger partial charge in [0.1, 0.15) is 0 Å². The number of urea groups is 1. The summed E-state index contributed by atoms with van der Waals surface area (Å²) in [6, 6.07) is 14.8. The topological polar surface area (TPSA) is 76.2 Å². The molecule has 0 aromatic heterocycles. The molecule has 4 heterocycles. The van der Waals surface area contributed by atoms with Crippen LogP contribution in [0.2, 0.25) is 0 Å². The first-order valence-electron chi connectivity index (χ1n) is 18.4. The molecule has 3 saturated heterocycles. The molecule has 5 aliphatic rings. The number of anilines is 1. The van der Waals surface area contributed by atoms with Crippen molar-refractivity contribution in [2.45, 2.75) is 83.1 Å². The molecule has 7 rings (SSSR count). The van der Waals surface area contributed by atoms with E-state index in [-0.39, 0.29) is 36.2 Å². The van der Waals surface area contributed by atoms with Gasteiger partial charge in [0.2, 0.25) is 11.8 Å². The summed E-state index contributed by atoms with van der Waals surface area (Å²) in [5, 5.41) is 3.10. The van der Waals surface area contributed by atoms with Gasteiger partial charge in [-0.3, -0.25) is 9.59 Å². The fraction of sp³-hybridized carbons (Fsp3) is 0.615. The second-order valence-corrected chi connectivity index (χ2v) is 15.0. The Morgan fingerprint density at radius 2 is 1.45 bits per heavy atom. The van der Waals surface area contributed by atoms with Gasteiger partial charge in [0.25, 0.3) is 0 Å². The fourth-order valence-electron chi connectivity index (χ4n) is 9.14. The molecule has 0 spiro atoms. The van der Waals surface area contributed by atoms with Gasteiger partial charge in [-0.15, -0.1) is 0 Å². The van der Waals surface area contributed by atoms with Gasteiger partial charge in [0, 0.05) is 50.9 Å². The highest BCUT2D eigenvalue weighted by Gasteiger charge is 2.36. The maximum absolute atomic E-state index is 14.2. The Morgan fingerprint density at radius 3 is 2.21 bits per heavy atom. The van der Waals surface area contributed by atoms with Crippen LogP contribution < -0.4 is 5.32 Å². The minimum Gasteiger partial charge on any atom is -0.343 e. The molecule has 1 unspecified atom stereocenters. The maximum atomic E-state index is 14.2. The van der Waals surface area contributed by atoms with Crippen molar-refractivity contribution >= 4 is 23.5 Å². The van der Waals surface area contributed by atoms with Crippen LogP contribution in [0.4, 0.5) is 10.5 Å². The molecule has 0 bridgehead atoms. The van der Waals surface area contributed by atoms with E-state index in [0.717, 1.165) is 69.6 Å². The van der Waals surface area contributed by atoms with Gasteiger partial charge < -0.3 is 24.9 Å². The standard InChI is InChI=1S/C39H53N5O3/c1-41-18-11-30(12-19-41)31-13-20-43(21-14-31)38(46)34(26-28-9-10-29-6-4-7-33(29)25-28)27-37(45)42-22-16-35(17-23-42)44-24-15-32-5-2-3-8-36(32)40-39(44)47/h2-3,5,8-10,25,30-31,34-35H,4,6-7,11-24,26-27H2,1H3,(H,40,47). The number of carbonyl (C=O) groups excluding carboxylic acids is 3. The van der Waals surface area contributed by atoms with E-state index in [1.807, 2.05) is 28.0 Å². The first-order valence-corrected chi connectivity index (χ1v) is 18.4. The van der Waals surface area contributed by atoms with E-state index in [1.165, 1.54) is 54.6 Å². The highest BCUT2D eigenvalue weighted by atomic mass is 16.2. The molecule has 2 aromatic rings. The Hall–Kier alpha value is -3.39. The Labute approximate surface area is 280 Å². The summed E-state index contributed by atoms with van der Waals surface area (Å²) in [5.41, 5.74) is 6.11. The molecule has 8 heteroatoms. The number of amides is 4. The Morgan fingerprint density at radius 1 is 0.766 bits per heavy atom. The second kappa shape index (κ2) is 14.4. The van der Waals surface area contributed by atoms with Gasteiger partial charge in [0.05, 0.1) is 5.92 Å². The number of carbonyl (C=O) groups is 3. The molecule has 252 valence electrons. The van der Waals surface area contributed by atoms with Crippen LogP contribution in [0.25, 0.3) is 0 Å². The van der Waals surface area contributed by atoms with Crippen molar-refractivity contribution < 1.29 is 14.4 Å². The molecule has 0 radical (unpaired) electrons. The molecule has 4 amide bonds. The molecule has 47 heavy (non-hydrogen) atoms. The van der Waals surface area contributed by atoms with Gasteiger partial charge >= 0.3 is 6.03 Å². The monoisotopic (exact) mass is 639 g/mol. The third-order valence-corrected chi connectivity index (χ3v) is 12.1. The predicted octanol–water partition coefficient (Wildman–Crippen LogP) is 5.39. The molecular formula is C39H53N5O3. The summed E-state index contributed by atoms with van der Waals surface area (Å²) >= 11 is 0. The van der Waals surface area contributed by atoms with Crippen molar-refractivity contribution in [2.24, 2.45) is 17.8 Å². The molecule has 1 atom stereocenters. The summed E-state index contributed by atoms with van der Waals surface area (Å²) in [6.07, 6.45) is 11.4. The van der Waals surface area contributed by atoms with Crippen LogP contribution in [0.5, 0.6) is 0 Å². The number of piperidine rings is 3.